The van der Waals surface area contributed by atoms with Gasteiger partial charge in [0.05, 0.1) is 17.6 Å². The van der Waals surface area contributed by atoms with Crippen LogP contribution in [0.5, 0.6) is 0 Å². The predicted octanol–water partition coefficient (Wildman–Crippen LogP) is 3.19. The van der Waals surface area contributed by atoms with Crippen molar-refractivity contribution in [2.24, 2.45) is 0 Å². The fraction of sp³-hybridized carbons (Fsp3) is 0.125. The summed E-state index contributed by atoms with van der Waals surface area (Å²) in [6.45, 7) is 3.94. The van der Waals surface area contributed by atoms with Crippen LogP contribution in [-0.2, 0) is 0 Å². The van der Waals surface area contributed by atoms with Gasteiger partial charge in [-0.1, -0.05) is 17.3 Å². The van der Waals surface area contributed by atoms with Gasteiger partial charge in [0.2, 0.25) is 0 Å². The lowest BCUT2D eigenvalue weighted by Crippen LogP contribution is -1.99. The first-order valence-corrected chi connectivity index (χ1v) is 7.09. The van der Waals surface area contributed by atoms with Crippen LogP contribution in [0.3, 0.4) is 0 Å². The van der Waals surface area contributed by atoms with Gasteiger partial charge in [-0.15, -0.1) is 15.3 Å². The topological polar surface area (TPSA) is 82.8 Å². The van der Waals surface area contributed by atoms with Gasteiger partial charge in [-0.2, -0.15) is 0 Å². The van der Waals surface area contributed by atoms with E-state index in [0.29, 0.717) is 23.2 Å². The Labute approximate surface area is 131 Å². The number of hydrogen-bond donors (Lipinski definition) is 0. The van der Waals surface area contributed by atoms with E-state index >= 15 is 0 Å². The third kappa shape index (κ3) is 2.32. The van der Waals surface area contributed by atoms with Crippen molar-refractivity contribution >= 4 is 0 Å². The average Bonchev–Trinajstić information content (AvgIpc) is 3.27. The van der Waals surface area contributed by atoms with Crippen molar-refractivity contribution in [1.29, 1.82) is 0 Å². The molecule has 0 atom stereocenters. The fourth-order valence-electron chi connectivity index (χ4n) is 2.35. The third-order valence-corrected chi connectivity index (χ3v) is 3.50. The van der Waals surface area contributed by atoms with Crippen molar-refractivity contribution in [1.82, 2.24) is 25.2 Å². The Bertz CT molecular complexity index is 953. The quantitative estimate of drug-likeness (QED) is 0.578. The van der Waals surface area contributed by atoms with Crippen molar-refractivity contribution in [3.63, 3.8) is 0 Å². The number of hydrogen-bond acceptors (Lipinski definition) is 6. The molecule has 0 bridgehead atoms. The minimum absolute atomic E-state index is 0.313. The van der Waals surface area contributed by atoms with Crippen molar-refractivity contribution < 1.29 is 8.83 Å². The van der Waals surface area contributed by atoms with Gasteiger partial charge in [0, 0.05) is 0 Å². The van der Waals surface area contributed by atoms with E-state index in [1.807, 2.05) is 38.1 Å². The van der Waals surface area contributed by atoms with Crippen molar-refractivity contribution in [2.45, 2.75) is 13.8 Å². The molecule has 0 N–H and O–H groups in total. The largest absolute Gasteiger partial charge is 0.459 e. The average molecular weight is 307 g/mol. The Kier molecular flexibility index (Phi) is 3.04. The second kappa shape index (κ2) is 5.20. The van der Waals surface area contributed by atoms with Gasteiger partial charge >= 0.3 is 0 Å². The second-order valence-corrected chi connectivity index (χ2v) is 5.16. The summed E-state index contributed by atoms with van der Waals surface area (Å²) in [7, 11) is 0. The molecule has 23 heavy (non-hydrogen) atoms. The maximum atomic E-state index is 5.64. The Morgan fingerprint density at radius 1 is 0.957 bits per heavy atom. The smallest absolute Gasteiger partial charge is 0.283 e. The van der Waals surface area contributed by atoms with E-state index in [9.17, 15) is 0 Å². The van der Waals surface area contributed by atoms with E-state index in [1.165, 1.54) is 0 Å². The third-order valence-electron chi connectivity index (χ3n) is 3.50. The molecule has 3 aromatic heterocycles. The molecule has 0 amide bonds. The lowest BCUT2D eigenvalue weighted by atomic mass is 10.2. The monoisotopic (exact) mass is 307 g/mol. The van der Waals surface area contributed by atoms with Gasteiger partial charge in [-0.05, 0) is 43.7 Å². The zero-order chi connectivity index (χ0) is 15.8. The first-order chi connectivity index (χ1) is 11.2. The van der Waals surface area contributed by atoms with Gasteiger partial charge in [0.1, 0.15) is 0 Å². The standard InChI is InChI=1S/C16H13N5O2/c1-10-5-3-6-12(9-10)21-11(2)14(17-20-21)16-19-18-15(23-16)13-7-4-8-22-13/h3-9H,1-2H3. The van der Waals surface area contributed by atoms with Crippen molar-refractivity contribution in [3.8, 4) is 28.9 Å². The zero-order valence-corrected chi connectivity index (χ0v) is 12.6. The molecule has 0 saturated heterocycles. The van der Waals surface area contributed by atoms with Crippen LogP contribution in [0.25, 0.3) is 28.9 Å². The molecule has 0 radical (unpaired) electrons. The van der Waals surface area contributed by atoms with Gasteiger partial charge in [0.25, 0.3) is 11.8 Å². The highest BCUT2D eigenvalue weighted by Gasteiger charge is 2.19. The highest BCUT2D eigenvalue weighted by molar-refractivity contribution is 5.54. The zero-order valence-electron chi connectivity index (χ0n) is 12.6. The molecule has 1 aromatic carbocycles. The van der Waals surface area contributed by atoms with E-state index in [1.54, 1.807) is 23.1 Å². The van der Waals surface area contributed by atoms with E-state index in [-0.39, 0.29) is 0 Å². The van der Waals surface area contributed by atoms with Gasteiger partial charge < -0.3 is 8.83 Å². The number of aryl methyl sites for hydroxylation is 1. The summed E-state index contributed by atoms with van der Waals surface area (Å²) in [6.07, 6.45) is 1.55. The van der Waals surface area contributed by atoms with Gasteiger partial charge in [-0.25, -0.2) is 4.68 Å². The van der Waals surface area contributed by atoms with Crippen LogP contribution in [0, 0.1) is 13.8 Å². The number of nitrogens with zero attached hydrogens (tertiary/aromatic N) is 5. The Balaban J connectivity index is 1.74. The molecule has 0 aliphatic rings. The summed E-state index contributed by atoms with van der Waals surface area (Å²) in [4.78, 5) is 0. The molecule has 0 unspecified atom stereocenters. The van der Waals surface area contributed by atoms with Crippen LogP contribution >= 0.6 is 0 Å². The van der Waals surface area contributed by atoms with E-state index in [4.69, 9.17) is 8.83 Å². The fourth-order valence-corrected chi connectivity index (χ4v) is 2.35. The van der Waals surface area contributed by atoms with E-state index < -0.39 is 0 Å². The number of benzene rings is 1. The molecule has 114 valence electrons. The molecule has 0 aliphatic carbocycles. The van der Waals surface area contributed by atoms with Crippen LogP contribution in [0.2, 0.25) is 0 Å². The number of furan rings is 1. The summed E-state index contributed by atoms with van der Waals surface area (Å²) in [6, 6.07) is 11.5. The summed E-state index contributed by atoms with van der Waals surface area (Å²) < 4.78 is 12.6. The molecule has 0 aliphatic heterocycles. The van der Waals surface area contributed by atoms with Crippen LogP contribution in [0.4, 0.5) is 0 Å². The highest BCUT2D eigenvalue weighted by atomic mass is 16.4. The molecule has 0 spiro atoms. The molecule has 0 saturated carbocycles. The lowest BCUT2D eigenvalue weighted by Gasteiger charge is -2.03. The van der Waals surface area contributed by atoms with Crippen molar-refractivity contribution in [3.05, 3.63) is 53.9 Å². The molecule has 3 heterocycles. The lowest BCUT2D eigenvalue weighted by molar-refractivity contribution is 0.522. The van der Waals surface area contributed by atoms with Crippen LogP contribution in [-0.4, -0.2) is 25.2 Å². The first kappa shape index (κ1) is 13.4. The first-order valence-electron chi connectivity index (χ1n) is 7.09. The Morgan fingerprint density at radius 2 is 1.83 bits per heavy atom. The minimum Gasteiger partial charge on any atom is -0.459 e. The number of rotatable bonds is 3. The summed E-state index contributed by atoms with van der Waals surface area (Å²) in [5.74, 6) is 1.15. The molecule has 7 nitrogen and oxygen atoms in total. The van der Waals surface area contributed by atoms with Crippen LogP contribution in [0.15, 0.2) is 51.5 Å². The van der Waals surface area contributed by atoms with Crippen molar-refractivity contribution in [2.75, 3.05) is 0 Å². The van der Waals surface area contributed by atoms with Gasteiger partial charge in [0.15, 0.2) is 11.5 Å². The molecular formula is C16H13N5O2. The maximum absolute atomic E-state index is 5.64. The summed E-state index contributed by atoms with van der Waals surface area (Å²) >= 11 is 0. The molecule has 4 aromatic rings. The number of aromatic nitrogens is 5. The van der Waals surface area contributed by atoms with Crippen LogP contribution < -0.4 is 0 Å². The SMILES string of the molecule is Cc1cccc(-n2nnc(-c3nnc(-c4ccco4)o3)c2C)c1. The molecule has 0 fully saturated rings. The molecular weight excluding hydrogens is 294 g/mol. The molecule has 7 heteroatoms. The van der Waals surface area contributed by atoms with E-state index in [2.05, 4.69) is 20.5 Å². The summed E-state index contributed by atoms with van der Waals surface area (Å²) in [5, 5.41) is 16.4. The van der Waals surface area contributed by atoms with Gasteiger partial charge in [-0.3, -0.25) is 0 Å². The normalized spacial score (nSPS) is 11.0. The predicted molar refractivity (Wildman–Crippen MR) is 81.8 cm³/mol. The Morgan fingerprint density at radius 3 is 2.61 bits per heavy atom. The Hall–Kier alpha value is -3.22. The maximum Gasteiger partial charge on any atom is 0.283 e. The van der Waals surface area contributed by atoms with E-state index in [0.717, 1.165) is 16.9 Å². The minimum atomic E-state index is 0.313. The summed E-state index contributed by atoms with van der Waals surface area (Å²) in [5.41, 5.74) is 3.46. The molecule has 4 rings (SSSR count). The van der Waals surface area contributed by atoms with Crippen LogP contribution in [0.1, 0.15) is 11.3 Å². The highest BCUT2D eigenvalue weighted by Crippen LogP contribution is 2.25. The second-order valence-electron chi connectivity index (χ2n) is 5.16.